The maximum atomic E-state index is 3.92. The number of rotatable bonds is 4. The molecule has 0 spiro atoms. The Bertz CT molecular complexity index is 406. The molecule has 0 radical (unpaired) electrons. The van der Waals surface area contributed by atoms with Crippen LogP contribution in [-0.4, -0.2) is 0 Å². The Balaban J connectivity index is 2.01. The van der Waals surface area contributed by atoms with Crippen LogP contribution in [-0.2, 0) is 0 Å². The predicted octanol–water partition coefficient (Wildman–Crippen LogP) is 5.61. The second-order valence-corrected chi connectivity index (χ2v) is 5.67. The zero-order chi connectivity index (χ0) is 13.5. The van der Waals surface area contributed by atoms with Gasteiger partial charge in [0.2, 0.25) is 0 Å². The molecule has 0 aliphatic heterocycles. The van der Waals surface area contributed by atoms with Gasteiger partial charge in [0.15, 0.2) is 0 Å². The molecule has 0 N–H and O–H groups in total. The molecule has 2 rings (SSSR count). The van der Waals surface area contributed by atoms with E-state index in [0.29, 0.717) is 11.8 Å². The van der Waals surface area contributed by atoms with Crippen LogP contribution >= 0.6 is 0 Å². The van der Waals surface area contributed by atoms with E-state index in [2.05, 4.69) is 62.1 Å². The fourth-order valence-corrected chi connectivity index (χ4v) is 3.05. The third-order valence-corrected chi connectivity index (χ3v) is 4.31. The van der Waals surface area contributed by atoms with Crippen LogP contribution in [0.25, 0.3) is 0 Å². The fraction of sp³-hybridized carbons (Fsp3) is 0.474. The van der Waals surface area contributed by atoms with E-state index in [4.69, 9.17) is 0 Å². The van der Waals surface area contributed by atoms with Crippen molar-refractivity contribution in [2.75, 3.05) is 0 Å². The molecule has 19 heavy (non-hydrogen) atoms. The highest BCUT2D eigenvalue weighted by atomic mass is 14.2. The van der Waals surface area contributed by atoms with Crippen molar-refractivity contribution >= 4 is 0 Å². The van der Waals surface area contributed by atoms with E-state index < -0.39 is 0 Å². The van der Waals surface area contributed by atoms with Crippen molar-refractivity contribution in [2.45, 2.75) is 39.0 Å². The van der Waals surface area contributed by atoms with E-state index in [1.54, 1.807) is 5.57 Å². The van der Waals surface area contributed by atoms with E-state index in [1.807, 2.05) is 0 Å². The highest BCUT2D eigenvalue weighted by molar-refractivity contribution is 5.26. The highest BCUT2D eigenvalue weighted by Crippen LogP contribution is 2.29. The SMILES string of the molecule is C=CC1C=CC=CC(C=CC2=CCCCC2CC)C1. The van der Waals surface area contributed by atoms with Crippen molar-refractivity contribution in [1.29, 1.82) is 0 Å². The largest absolute Gasteiger partial charge is 0.102 e. The second-order valence-electron chi connectivity index (χ2n) is 5.67. The minimum atomic E-state index is 0.506. The van der Waals surface area contributed by atoms with Crippen LogP contribution < -0.4 is 0 Å². The van der Waals surface area contributed by atoms with Crippen molar-refractivity contribution in [3.63, 3.8) is 0 Å². The van der Waals surface area contributed by atoms with Gasteiger partial charge in [0, 0.05) is 0 Å². The van der Waals surface area contributed by atoms with Crippen molar-refractivity contribution in [3.8, 4) is 0 Å². The lowest BCUT2D eigenvalue weighted by atomic mass is 9.84. The van der Waals surface area contributed by atoms with E-state index in [-0.39, 0.29) is 0 Å². The van der Waals surface area contributed by atoms with Crippen molar-refractivity contribution in [2.24, 2.45) is 17.8 Å². The average Bonchev–Trinajstić information content (AvgIpc) is 2.70. The molecule has 0 aromatic carbocycles. The summed E-state index contributed by atoms with van der Waals surface area (Å²) in [5.74, 6) is 1.83. The molecule has 102 valence electrons. The Kier molecular flexibility index (Phi) is 5.44. The van der Waals surface area contributed by atoms with E-state index in [1.165, 1.54) is 25.7 Å². The molecule has 2 aliphatic carbocycles. The molecule has 0 aromatic rings. The van der Waals surface area contributed by atoms with Crippen LogP contribution in [0.1, 0.15) is 39.0 Å². The van der Waals surface area contributed by atoms with Crippen LogP contribution in [0, 0.1) is 17.8 Å². The van der Waals surface area contributed by atoms with Crippen LogP contribution in [0.5, 0.6) is 0 Å². The molecule has 0 saturated carbocycles. The zero-order valence-electron chi connectivity index (χ0n) is 12.1. The monoisotopic (exact) mass is 254 g/mol. The van der Waals surface area contributed by atoms with E-state index >= 15 is 0 Å². The van der Waals surface area contributed by atoms with Gasteiger partial charge in [-0.15, -0.1) is 6.58 Å². The molecule has 0 heteroatoms. The first kappa shape index (κ1) is 14.1. The summed E-state index contributed by atoms with van der Waals surface area (Å²) in [5, 5.41) is 0. The lowest BCUT2D eigenvalue weighted by Gasteiger charge is -2.21. The number of allylic oxidation sites excluding steroid dienone is 9. The maximum Gasteiger partial charge on any atom is -0.00386 e. The summed E-state index contributed by atoms with van der Waals surface area (Å²) >= 11 is 0. The summed E-state index contributed by atoms with van der Waals surface area (Å²) in [5.41, 5.74) is 1.56. The van der Waals surface area contributed by atoms with E-state index in [9.17, 15) is 0 Å². The van der Waals surface area contributed by atoms with Gasteiger partial charge >= 0.3 is 0 Å². The van der Waals surface area contributed by atoms with Gasteiger partial charge < -0.3 is 0 Å². The van der Waals surface area contributed by atoms with Crippen LogP contribution in [0.4, 0.5) is 0 Å². The Labute approximate surface area is 118 Å². The van der Waals surface area contributed by atoms with Gasteiger partial charge in [0.25, 0.3) is 0 Å². The summed E-state index contributed by atoms with van der Waals surface area (Å²) in [6.07, 6.45) is 24.5. The lowest BCUT2D eigenvalue weighted by Crippen LogP contribution is -2.06. The second kappa shape index (κ2) is 7.33. The first-order valence-corrected chi connectivity index (χ1v) is 7.69. The molecular formula is C19H26. The Morgan fingerprint density at radius 3 is 2.79 bits per heavy atom. The Hall–Kier alpha value is -1.30. The molecule has 0 nitrogen and oxygen atoms in total. The van der Waals surface area contributed by atoms with Crippen molar-refractivity contribution in [3.05, 3.63) is 60.8 Å². The molecule has 2 aliphatic rings. The standard InChI is InChI=1S/C19H26/c1-3-16-9-5-6-10-17(15-16)13-14-19-12-8-7-11-18(19)4-2/h3,5-6,9-10,12-14,16-18H,1,4,7-8,11,15H2,2H3. The molecule has 0 saturated heterocycles. The summed E-state index contributed by atoms with van der Waals surface area (Å²) in [6, 6.07) is 0. The number of hydrogen-bond acceptors (Lipinski definition) is 0. The van der Waals surface area contributed by atoms with Gasteiger partial charge in [-0.2, -0.15) is 0 Å². The molecule has 3 atom stereocenters. The maximum absolute atomic E-state index is 3.92. The summed E-state index contributed by atoms with van der Waals surface area (Å²) < 4.78 is 0. The topological polar surface area (TPSA) is 0 Å². The Morgan fingerprint density at radius 1 is 1.26 bits per heavy atom. The normalized spacial score (nSPS) is 31.2. The summed E-state index contributed by atoms with van der Waals surface area (Å²) in [4.78, 5) is 0. The predicted molar refractivity (Wildman–Crippen MR) is 84.9 cm³/mol. The van der Waals surface area contributed by atoms with Gasteiger partial charge in [-0.3, -0.25) is 0 Å². The first-order chi connectivity index (χ1) is 9.33. The summed E-state index contributed by atoms with van der Waals surface area (Å²) in [6.45, 7) is 6.23. The van der Waals surface area contributed by atoms with Gasteiger partial charge in [-0.25, -0.2) is 0 Å². The average molecular weight is 254 g/mol. The minimum Gasteiger partial charge on any atom is -0.102 e. The van der Waals surface area contributed by atoms with Crippen LogP contribution in [0.3, 0.4) is 0 Å². The quantitative estimate of drug-likeness (QED) is 0.572. The van der Waals surface area contributed by atoms with Crippen molar-refractivity contribution < 1.29 is 0 Å². The number of hydrogen-bond donors (Lipinski definition) is 0. The molecular weight excluding hydrogens is 228 g/mol. The van der Waals surface area contributed by atoms with Gasteiger partial charge in [-0.1, -0.05) is 55.5 Å². The van der Waals surface area contributed by atoms with Crippen molar-refractivity contribution in [1.82, 2.24) is 0 Å². The molecule has 0 amide bonds. The van der Waals surface area contributed by atoms with Crippen LogP contribution in [0.15, 0.2) is 60.8 Å². The van der Waals surface area contributed by atoms with Crippen LogP contribution in [0.2, 0.25) is 0 Å². The smallest absolute Gasteiger partial charge is 0.00386 e. The molecule has 3 unspecified atom stereocenters. The lowest BCUT2D eigenvalue weighted by molar-refractivity contribution is 0.506. The van der Waals surface area contributed by atoms with E-state index in [0.717, 1.165) is 12.3 Å². The fourth-order valence-electron chi connectivity index (χ4n) is 3.05. The zero-order valence-corrected chi connectivity index (χ0v) is 12.1. The molecule has 0 heterocycles. The molecule has 0 aromatic heterocycles. The minimum absolute atomic E-state index is 0.506. The van der Waals surface area contributed by atoms with Gasteiger partial charge in [0.05, 0.1) is 0 Å². The Morgan fingerprint density at radius 2 is 2.05 bits per heavy atom. The molecule has 0 bridgehead atoms. The van der Waals surface area contributed by atoms with Gasteiger partial charge in [0.1, 0.15) is 0 Å². The highest BCUT2D eigenvalue weighted by Gasteiger charge is 2.14. The third-order valence-electron chi connectivity index (χ3n) is 4.31. The molecule has 0 fully saturated rings. The summed E-state index contributed by atoms with van der Waals surface area (Å²) in [7, 11) is 0. The third kappa shape index (κ3) is 4.09. The first-order valence-electron chi connectivity index (χ1n) is 7.69. The van der Waals surface area contributed by atoms with Gasteiger partial charge in [-0.05, 0) is 55.4 Å².